The summed E-state index contributed by atoms with van der Waals surface area (Å²) in [6, 6.07) is 13.0. The fourth-order valence-corrected chi connectivity index (χ4v) is 3.96. The lowest BCUT2D eigenvalue weighted by molar-refractivity contribution is -0.119. The van der Waals surface area contributed by atoms with Crippen LogP contribution in [-0.2, 0) is 17.9 Å². The van der Waals surface area contributed by atoms with Crippen LogP contribution in [-0.4, -0.2) is 54.1 Å². The normalized spacial score (nSPS) is 14.1. The Bertz CT molecular complexity index is 1090. The van der Waals surface area contributed by atoms with Crippen molar-refractivity contribution in [2.24, 2.45) is 5.73 Å². The molecule has 0 atom stereocenters. The number of amides is 2. The molecule has 2 aromatic rings. The second-order valence-corrected chi connectivity index (χ2v) is 8.48. The number of nitrogen functional groups attached to an aromatic ring is 1. The highest BCUT2D eigenvalue weighted by Gasteiger charge is 2.26. The van der Waals surface area contributed by atoms with Crippen molar-refractivity contribution in [1.82, 2.24) is 9.80 Å². The van der Waals surface area contributed by atoms with Gasteiger partial charge >= 0.3 is 0 Å². The lowest BCUT2D eigenvalue weighted by Gasteiger charge is -2.24. The van der Waals surface area contributed by atoms with Gasteiger partial charge in [0, 0.05) is 43.5 Å². The van der Waals surface area contributed by atoms with Crippen molar-refractivity contribution in [3.63, 3.8) is 0 Å². The monoisotopic (exact) mass is 459 g/mol. The molecule has 1 aliphatic heterocycles. The predicted molar refractivity (Wildman–Crippen MR) is 137 cm³/mol. The second-order valence-electron chi connectivity index (χ2n) is 8.48. The molecule has 0 saturated carbocycles. The van der Waals surface area contributed by atoms with Crippen LogP contribution >= 0.6 is 0 Å². The van der Waals surface area contributed by atoms with E-state index in [9.17, 15) is 9.59 Å². The molecular formula is C27H33N5O2. The number of fused-ring (bicyclic) bond motifs is 1. The highest BCUT2D eigenvalue weighted by atomic mass is 16.2. The lowest BCUT2D eigenvalue weighted by Crippen LogP contribution is -2.37. The number of carbonyl (C=O) groups excluding carboxylic acids is 2. The maximum absolute atomic E-state index is 13.3. The van der Waals surface area contributed by atoms with Crippen LogP contribution in [0.3, 0.4) is 0 Å². The molecule has 0 aromatic heterocycles. The van der Waals surface area contributed by atoms with E-state index >= 15 is 0 Å². The Labute approximate surface area is 201 Å². The van der Waals surface area contributed by atoms with Crippen LogP contribution in [0.1, 0.15) is 40.4 Å². The third-order valence-corrected chi connectivity index (χ3v) is 5.89. The first-order chi connectivity index (χ1) is 16.3. The number of nitrogens with two attached hydrogens (primary N) is 1. The molecule has 0 fully saturated rings. The average molecular weight is 460 g/mol. The fourth-order valence-electron chi connectivity index (χ4n) is 3.96. The average Bonchev–Trinajstić information content (AvgIpc) is 2.96. The van der Waals surface area contributed by atoms with E-state index in [0.29, 0.717) is 37.3 Å². The maximum atomic E-state index is 13.3. The van der Waals surface area contributed by atoms with E-state index in [1.165, 1.54) is 0 Å². The summed E-state index contributed by atoms with van der Waals surface area (Å²) in [7, 11) is 1.77. The van der Waals surface area contributed by atoms with Gasteiger partial charge in [-0.3, -0.25) is 19.9 Å². The molecule has 0 unspecified atom stereocenters. The molecule has 34 heavy (non-hydrogen) atoms. The molecule has 0 saturated heterocycles. The summed E-state index contributed by atoms with van der Waals surface area (Å²) in [5.41, 5.74) is 9.68. The van der Waals surface area contributed by atoms with Crippen LogP contribution in [0.4, 0.5) is 5.69 Å². The number of benzene rings is 2. The number of anilines is 1. The zero-order valence-electron chi connectivity index (χ0n) is 20.0. The van der Waals surface area contributed by atoms with Gasteiger partial charge in [-0.25, -0.2) is 0 Å². The van der Waals surface area contributed by atoms with Crippen molar-refractivity contribution in [1.29, 1.82) is 5.41 Å². The first-order valence-corrected chi connectivity index (χ1v) is 11.4. The molecular weight excluding hydrogens is 426 g/mol. The van der Waals surface area contributed by atoms with Crippen LogP contribution in [0.25, 0.3) is 0 Å². The summed E-state index contributed by atoms with van der Waals surface area (Å²) < 4.78 is 0. The van der Waals surface area contributed by atoms with Gasteiger partial charge in [-0.15, -0.1) is 6.58 Å². The first-order valence-electron chi connectivity index (χ1n) is 11.4. The van der Waals surface area contributed by atoms with E-state index in [4.69, 9.17) is 11.1 Å². The van der Waals surface area contributed by atoms with Crippen molar-refractivity contribution in [3.8, 4) is 0 Å². The summed E-state index contributed by atoms with van der Waals surface area (Å²) in [5, 5.41) is 7.80. The highest BCUT2D eigenvalue weighted by molar-refractivity contribution is 5.99. The first kappa shape index (κ1) is 24.9. The van der Waals surface area contributed by atoms with Crippen molar-refractivity contribution >= 4 is 23.3 Å². The van der Waals surface area contributed by atoms with Gasteiger partial charge in [-0.05, 0) is 54.8 Å². The Morgan fingerprint density at radius 2 is 1.88 bits per heavy atom. The van der Waals surface area contributed by atoms with Crippen molar-refractivity contribution < 1.29 is 9.59 Å². The number of hydrogen-bond donors (Lipinski definition) is 2. The van der Waals surface area contributed by atoms with E-state index in [2.05, 4.69) is 11.5 Å². The van der Waals surface area contributed by atoms with Gasteiger partial charge in [0.1, 0.15) is 5.84 Å². The zero-order valence-corrected chi connectivity index (χ0v) is 20.0. The van der Waals surface area contributed by atoms with Crippen molar-refractivity contribution in [3.05, 3.63) is 89.5 Å². The molecule has 0 bridgehead atoms. The van der Waals surface area contributed by atoms with Crippen LogP contribution in [0.15, 0.2) is 67.3 Å². The Morgan fingerprint density at radius 3 is 2.53 bits per heavy atom. The molecule has 1 aliphatic rings. The molecule has 178 valence electrons. The number of likely N-dealkylation sites (N-methyl/N-ethyl adjacent to an activating group) is 1. The summed E-state index contributed by atoms with van der Waals surface area (Å²) in [4.78, 5) is 31.4. The molecule has 3 N–H and O–H groups in total. The smallest absolute Gasteiger partial charge is 0.253 e. The number of nitrogens with zero attached hydrogens (tertiary/aromatic N) is 3. The molecule has 7 nitrogen and oxygen atoms in total. The van der Waals surface area contributed by atoms with Gasteiger partial charge < -0.3 is 15.5 Å². The minimum absolute atomic E-state index is 0.00205. The summed E-state index contributed by atoms with van der Waals surface area (Å²) in [6.07, 6.45) is 6.48. The molecule has 0 aliphatic carbocycles. The Hall–Kier alpha value is -3.71. The zero-order chi connectivity index (χ0) is 24.7. The largest absolute Gasteiger partial charge is 0.384 e. The van der Waals surface area contributed by atoms with Gasteiger partial charge in [0.25, 0.3) is 5.91 Å². The van der Waals surface area contributed by atoms with E-state index in [-0.39, 0.29) is 17.6 Å². The highest BCUT2D eigenvalue weighted by Crippen LogP contribution is 2.28. The van der Waals surface area contributed by atoms with Crippen LogP contribution < -0.4 is 10.6 Å². The molecule has 0 spiro atoms. The van der Waals surface area contributed by atoms with Gasteiger partial charge in [0.15, 0.2) is 0 Å². The van der Waals surface area contributed by atoms with Crippen LogP contribution in [0.2, 0.25) is 0 Å². The van der Waals surface area contributed by atoms with E-state index in [0.717, 1.165) is 29.8 Å². The number of hydrogen-bond acceptors (Lipinski definition) is 4. The summed E-state index contributed by atoms with van der Waals surface area (Å²) in [6.45, 7) is 8.28. The third-order valence-electron chi connectivity index (χ3n) is 5.89. The topological polar surface area (TPSA) is 93.7 Å². The summed E-state index contributed by atoms with van der Waals surface area (Å²) >= 11 is 0. The van der Waals surface area contributed by atoms with Gasteiger partial charge in [0.2, 0.25) is 5.91 Å². The number of amidine groups is 1. The van der Waals surface area contributed by atoms with E-state index in [1.807, 2.05) is 61.5 Å². The lowest BCUT2D eigenvalue weighted by atomic mass is 10.1. The van der Waals surface area contributed by atoms with Gasteiger partial charge in [-0.1, -0.05) is 30.4 Å². The maximum Gasteiger partial charge on any atom is 0.253 e. The Balaban J connectivity index is 1.86. The van der Waals surface area contributed by atoms with Crippen molar-refractivity contribution in [2.75, 3.05) is 31.6 Å². The molecule has 2 amide bonds. The van der Waals surface area contributed by atoms with Crippen LogP contribution in [0, 0.1) is 5.41 Å². The number of carbonyl (C=O) groups is 2. The molecule has 0 radical (unpaired) electrons. The Morgan fingerprint density at radius 1 is 1.18 bits per heavy atom. The fraction of sp³-hybridized carbons (Fsp3) is 0.296. The van der Waals surface area contributed by atoms with E-state index in [1.54, 1.807) is 22.9 Å². The standard InChI is InChI=1S/C27H33N5O2/c1-4-6-14-30(3)27(34)21-10-8-20(9-11-21)17-32-24-13-12-22(26(28)29)16-23(24)18-31(15-7-5-2)19-25(32)33/h4-6,8-13,16H,2,7,14-15,17-19H2,1,3H3,(H3,28,29)/b6-4-. The SMILES string of the molecule is C=CCCN1CC(=O)N(Cc2ccc(C(=O)N(C)C/C=C\C)cc2)c2ccc(C(=N)N)cc2C1. The number of rotatable bonds is 9. The number of nitrogens with one attached hydrogen (secondary N) is 1. The van der Waals surface area contributed by atoms with Crippen molar-refractivity contribution in [2.45, 2.75) is 26.4 Å². The van der Waals surface area contributed by atoms with Gasteiger partial charge in [-0.2, -0.15) is 0 Å². The molecule has 7 heteroatoms. The minimum Gasteiger partial charge on any atom is -0.384 e. The molecule has 2 aromatic carbocycles. The third kappa shape index (κ3) is 5.99. The predicted octanol–water partition coefficient (Wildman–Crippen LogP) is 3.54. The van der Waals surface area contributed by atoms with Crippen LogP contribution in [0.5, 0.6) is 0 Å². The molecule has 1 heterocycles. The molecule has 3 rings (SSSR count). The van der Waals surface area contributed by atoms with Gasteiger partial charge in [0.05, 0.1) is 13.1 Å². The number of allylic oxidation sites excluding steroid dienone is 1. The van der Waals surface area contributed by atoms with E-state index < -0.39 is 0 Å². The summed E-state index contributed by atoms with van der Waals surface area (Å²) in [5.74, 6) is -0.0395. The Kier molecular flexibility index (Phi) is 8.38. The second kappa shape index (κ2) is 11.4. The quantitative estimate of drug-likeness (QED) is 0.341. The minimum atomic E-state index is -0.0459.